The molecule has 19 heavy (non-hydrogen) atoms. The zero-order valence-corrected chi connectivity index (χ0v) is 13.2. The van der Waals surface area contributed by atoms with Crippen LogP contribution in [0, 0.1) is 0 Å². The van der Waals surface area contributed by atoms with Gasteiger partial charge in [-0.05, 0) is 40.5 Å². The monoisotopic (exact) mass is 264 g/mol. The Morgan fingerprint density at radius 3 is 2.16 bits per heavy atom. The van der Waals surface area contributed by atoms with E-state index in [1.807, 2.05) is 4.68 Å². The Balaban J connectivity index is 2.36. The fourth-order valence-corrected chi connectivity index (χ4v) is 2.21. The van der Waals surface area contributed by atoms with Crippen molar-refractivity contribution in [3.63, 3.8) is 0 Å². The predicted molar refractivity (Wildman–Crippen MR) is 77.7 cm³/mol. The molecule has 106 valence electrons. The maximum absolute atomic E-state index is 6.12. The number of nitrogens with zero attached hydrogens (tertiary/aromatic N) is 2. The Morgan fingerprint density at radius 1 is 1.21 bits per heavy atom. The topological polar surface area (TPSA) is 36.3 Å². The fourth-order valence-electron chi connectivity index (χ4n) is 2.21. The summed E-state index contributed by atoms with van der Waals surface area (Å²) < 4.78 is 14.2. The minimum absolute atomic E-state index is 0.305. The molecule has 2 heterocycles. The number of hydrogen-bond acceptors (Lipinski definition) is 3. The van der Waals surface area contributed by atoms with Gasteiger partial charge in [0.25, 0.3) is 0 Å². The van der Waals surface area contributed by atoms with Crippen LogP contribution in [0.3, 0.4) is 0 Å². The lowest BCUT2D eigenvalue weighted by Crippen LogP contribution is -2.41. The van der Waals surface area contributed by atoms with Crippen molar-refractivity contribution in [1.82, 2.24) is 9.78 Å². The van der Waals surface area contributed by atoms with E-state index in [4.69, 9.17) is 9.31 Å². The van der Waals surface area contributed by atoms with E-state index >= 15 is 0 Å². The van der Waals surface area contributed by atoms with E-state index in [2.05, 4.69) is 59.8 Å². The highest BCUT2D eigenvalue weighted by Gasteiger charge is 2.52. The van der Waals surface area contributed by atoms with Crippen LogP contribution < -0.4 is 5.46 Å². The van der Waals surface area contributed by atoms with Crippen molar-refractivity contribution in [2.75, 3.05) is 0 Å². The average molecular weight is 264 g/mol. The molecule has 2 rings (SSSR count). The van der Waals surface area contributed by atoms with E-state index in [-0.39, 0.29) is 18.3 Å². The van der Waals surface area contributed by atoms with Gasteiger partial charge in [0.1, 0.15) is 0 Å². The summed E-state index contributed by atoms with van der Waals surface area (Å²) in [5, 5.41) is 4.62. The summed E-state index contributed by atoms with van der Waals surface area (Å²) in [5.41, 5.74) is 1.52. The molecule has 1 fully saturated rings. The molecule has 0 bridgehead atoms. The first-order valence-electron chi connectivity index (χ1n) is 7.11. The van der Waals surface area contributed by atoms with Gasteiger partial charge >= 0.3 is 7.12 Å². The lowest BCUT2D eigenvalue weighted by molar-refractivity contribution is 0.00578. The van der Waals surface area contributed by atoms with E-state index < -0.39 is 0 Å². The Bertz CT molecular complexity index is 450. The molecule has 0 atom stereocenters. The molecule has 0 amide bonds. The van der Waals surface area contributed by atoms with Crippen molar-refractivity contribution >= 4 is 12.6 Å². The minimum atomic E-state index is -0.317. The molecule has 0 spiro atoms. The van der Waals surface area contributed by atoms with Crippen LogP contribution in [0.4, 0.5) is 0 Å². The van der Waals surface area contributed by atoms with Gasteiger partial charge in [-0.3, -0.25) is 4.68 Å². The second kappa shape index (κ2) is 4.63. The van der Waals surface area contributed by atoms with Crippen molar-refractivity contribution in [3.8, 4) is 0 Å². The Kier molecular flexibility index (Phi) is 3.56. The molecule has 1 saturated heterocycles. The highest BCUT2D eigenvalue weighted by atomic mass is 16.7. The highest BCUT2D eigenvalue weighted by Crippen LogP contribution is 2.36. The molecule has 1 aromatic heterocycles. The van der Waals surface area contributed by atoms with Gasteiger partial charge in [0, 0.05) is 18.2 Å². The summed E-state index contributed by atoms with van der Waals surface area (Å²) >= 11 is 0. The van der Waals surface area contributed by atoms with E-state index in [0.29, 0.717) is 5.92 Å². The third-order valence-electron chi connectivity index (χ3n) is 4.20. The van der Waals surface area contributed by atoms with Gasteiger partial charge in [0.05, 0.1) is 16.9 Å². The van der Waals surface area contributed by atoms with E-state index in [9.17, 15) is 0 Å². The van der Waals surface area contributed by atoms with Crippen LogP contribution in [0.2, 0.25) is 0 Å². The molecule has 0 aromatic carbocycles. The molecule has 5 heteroatoms. The van der Waals surface area contributed by atoms with Crippen molar-refractivity contribution in [1.29, 1.82) is 0 Å². The van der Waals surface area contributed by atoms with Crippen LogP contribution in [-0.2, 0) is 15.9 Å². The normalized spacial score (nSPS) is 21.4. The summed E-state index contributed by atoms with van der Waals surface area (Å²) in [5.74, 6) is 0.363. The first kappa shape index (κ1) is 14.6. The quantitative estimate of drug-likeness (QED) is 0.786. The number of rotatable bonds is 3. The first-order valence-corrected chi connectivity index (χ1v) is 7.11. The van der Waals surface area contributed by atoms with Gasteiger partial charge in [-0.25, -0.2) is 0 Å². The van der Waals surface area contributed by atoms with Crippen LogP contribution in [0.25, 0.3) is 0 Å². The number of aryl methyl sites for hydroxylation is 1. The number of hydrogen-bond donors (Lipinski definition) is 0. The Morgan fingerprint density at radius 2 is 1.74 bits per heavy atom. The lowest BCUT2D eigenvalue weighted by atomic mass is 9.77. The van der Waals surface area contributed by atoms with E-state index in [0.717, 1.165) is 17.7 Å². The van der Waals surface area contributed by atoms with Gasteiger partial charge in [-0.1, -0.05) is 13.8 Å². The zero-order chi connectivity index (χ0) is 14.4. The molecule has 0 aliphatic carbocycles. The van der Waals surface area contributed by atoms with E-state index in [1.54, 1.807) is 0 Å². The molecule has 0 N–H and O–H groups in total. The van der Waals surface area contributed by atoms with Gasteiger partial charge < -0.3 is 9.31 Å². The molecule has 4 nitrogen and oxygen atoms in total. The average Bonchev–Trinajstić information content (AvgIpc) is 2.78. The van der Waals surface area contributed by atoms with Gasteiger partial charge in [-0.15, -0.1) is 0 Å². The van der Waals surface area contributed by atoms with Crippen LogP contribution in [0.5, 0.6) is 0 Å². The summed E-state index contributed by atoms with van der Waals surface area (Å²) in [6.07, 6.45) is 2.05. The maximum atomic E-state index is 6.12. The van der Waals surface area contributed by atoms with Crippen LogP contribution in [0.15, 0.2) is 6.20 Å². The Hall–Kier alpha value is -0.805. The van der Waals surface area contributed by atoms with Gasteiger partial charge in [-0.2, -0.15) is 5.10 Å². The summed E-state index contributed by atoms with van der Waals surface area (Å²) in [7, 11) is -0.317. The first-order chi connectivity index (χ1) is 8.68. The molecular formula is C14H25BN2O2. The van der Waals surface area contributed by atoms with Crippen molar-refractivity contribution in [3.05, 3.63) is 11.9 Å². The zero-order valence-electron chi connectivity index (χ0n) is 13.2. The SMILES string of the molecule is CCn1cc(B2OC(C)(C)C(C)(C)O2)c(C(C)C)n1. The highest BCUT2D eigenvalue weighted by molar-refractivity contribution is 6.62. The standard InChI is InChI=1S/C14H25BN2O2/c1-8-17-9-11(12(16-17)10(2)3)15-18-13(4,5)14(6,7)19-15/h9-10H,8H2,1-7H3. The second-order valence-corrected chi connectivity index (χ2v) is 6.57. The molecule has 0 saturated carbocycles. The van der Waals surface area contributed by atoms with Crippen LogP contribution >= 0.6 is 0 Å². The van der Waals surface area contributed by atoms with E-state index in [1.165, 1.54) is 0 Å². The molecule has 1 aliphatic heterocycles. The third-order valence-corrected chi connectivity index (χ3v) is 4.20. The van der Waals surface area contributed by atoms with Gasteiger partial charge in [0.2, 0.25) is 0 Å². The summed E-state index contributed by atoms with van der Waals surface area (Å²) in [4.78, 5) is 0. The molecule has 0 unspecified atom stereocenters. The molecule has 0 radical (unpaired) electrons. The van der Waals surface area contributed by atoms with Crippen LogP contribution in [0.1, 0.15) is 60.1 Å². The summed E-state index contributed by atoms with van der Waals surface area (Å²) in [6.45, 7) is 15.6. The Labute approximate surface area is 116 Å². The fraction of sp³-hybridized carbons (Fsp3) is 0.786. The van der Waals surface area contributed by atoms with Gasteiger partial charge in [0.15, 0.2) is 0 Å². The van der Waals surface area contributed by atoms with Crippen molar-refractivity contribution in [2.24, 2.45) is 0 Å². The van der Waals surface area contributed by atoms with Crippen LogP contribution in [-0.4, -0.2) is 28.1 Å². The largest absolute Gasteiger partial charge is 0.498 e. The number of aromatic nitrogens is 2. The molecule has 1 aliphatic rings. The smallest absolute Gasteiger partial charge is 0.399 e. The molecule has 1 aromatic rings. The van der Waals surface area contributed by atoms with Crippen molar-refractivity contribution in [2.45, 2.75) is 72.1 Å². The maximum Gasteiger partial charge on any atom is 0.498 e. The lowest BCUT2D eigenvalue weighted by Gasteiger charge is -2.32. The third kappa shape index (κ3) is 2.46. The summed E-state index contributed by atoms with van der Waals surface area (Å²) in [6, 6.07) is 0. The second-order valence-electron chi connectivity index (χ2n) is 6.57. The predicted octanol–water partition coefficient (Wildman–Crippen LogP) is 2.33. The van der Waals surface area contributed by atoms with Crippen molar-refractivity contribution < 1.29 is 9.31 Å². The minimum Gasteiger partial charge on any atom is -0.399 e. The molecular weight excluding hydrogens is 239 g/mol.